The van der Waals surface area contributed by atoms with Crippen molar-refractivity contribution in [2.45, 2.75) is 78.7 Å². The van der Waals surface area contributed by atoms with E-state index >= 15 is 0 Å². The second kappa shape index (κ2) is 26.1. The summed E-state index contributed by atoms with van der Waals surface area (Å²) in [5.41, 5.74) is 9.39. The average Bonchev–Trinajstić information content (AvgIpc) is 3.98. The third-order valence-electron chi connectivity index (χ3n) is 13.0. The van der Waals surface area contributed by atoms with Crippen molar-refractivity contribution in [2.24, 2.45) is 0 Å². The molecule has 4 aromatic rings. The van der Waals surface area contributed by atoms with Crippen molar-refractivity contribution < 1.29 is 28.8 Å². The molecule has 0 spiro atoms. The van der Waals surface area contributed by atoms with Gasteiger partial charge >= 0.3 is 0 Å². The van der Waals surface area contributed by atoms with Crippen LogP contribution in [0.4, 0.5) is 0 Å². The molecular weight excluding hydrogens is 801 g/mol. The van der Waals surface area contributed by atoms with Crippen LogP contribution in [0.1, 0.15) is 67.2 Å². The van der Waals surface area contributed by atoms with Crippen LogP contribution in [0.5, 0.6) is 23.0 Å². The summed E-state index contributed by atoms with van der Waals surface area (Å²) in [6.45, 7) is 22.8. The van der Waals surface area contributed by atoms with E-state index < -0.39 is 0 Å². The molecule has 2 aliphatic heterocycles. The Morgan fingerprint density at radius 3 is 1.23 bits per heavy atom. The first-order chi connectivity index (χ1) is 31.2. The Kier molecular flexibility index (Phi) is 20.1. The van der Waals surface area contributed by atoms with Crippen molar-refractivity contribution in [3.8, 4) is 45.3 Å². The van der Waals surface area contributed by atoms with Crippen LogP contribution in [0.15, 0.2) is 72.8 Å². The Labute approximate surface area is 385 Å². The van der Waals surface area contributed by atoms with Gasteiger partial charge in [-0.3, -0.25) is 0 Å². The molecule has 2 saturated heterocycles. The molecular formula is C54H78N4O6. The Balaban J connectivity index is 0.820. The van der Waals surface area contributed by atoms with Crippen molar-refractivity contribution >= 4 is 0 Å². The number of benzene rings is 4. The van der Waals surface area contributed by atoms with Crippen molar-refractivity contribution in [3.63, 3.8) is 0 Å². The quantitative estimate of drug-likeness (QED) is 0.0559. The van der Waals surface area contributed by atoms with Crippen LogP contribution in [-0.2, 0) is 4.74 Å². The third kappa shape index (κ3) is 14.9. The highest BCUT2D eigenvalue weighted by Gasteiger charge is 2.20. The number of nitrogens with zero attached hydrogens (tertiary/aromatic N) is 4. The molecule has 1 atom stereocenters. The lowest BCUT2D eigenvalue weighted by atomic mass is 9.95. The first-order valence-electron chi connectivity index (χ1n) is 24.2. The highest BCUT2D eigenvalue weighted by atomic mass is 16.5. The number of hydrogen-bond acceptors (Lipinski definition) is 10. The van der Waals surface area contributed by atoms with Crippen molar-refractivity contribution in [3.05, 3.63) is 95.1 Å². The highest BCUT2D eigenvalue weighted by Crippen LogP contribution is 2.37. The van der Waals surface area contributed by atoms with Gasteiger partial charge in [0, 0.05) is 52.4 Å². The number of aliphatic hydroxyl groups excluding tert-OH is 1. The maximum atomic E-state index is 9.79. The Bertz CT molecular complexity index is 2000. The molecule has 0 radical (unpaired) electrons. The fourth-order valence-electron chi connectivity index (χ4n) is 9.01. The molecule has 10 nitrogen and oxygen atoms in total. The first kappa shape index (κ1) is 49.3. The zero-order valence-electron chi connectivity index (χ0n) is 40.0. The SMILES string of the molecule is Cc1c(OCCCN(C)CCOCCN(C)CCCOc2cccc(-c3cccc(OCCCN4CCC(O)C4)c3C)c2C)cccc1-c1cccc(OCCCN2CCCC2)c1C. The molecule has 0 amide bonds. The topological polar surface area (TPSA) is 79.3 Å². The van der Waals surface area contributed by atoms with E-state index in [0.29, 0.717) is 33.0 Å². The van der Waals surface area contributed by atoms with Crippen LogP contribution >= 0.6 is 0 Å². The van der Waals surface area contributed by atoms with Crippen LogP contribution in [0, 0.1) is 27.7 Å². The summed E-state index contributed by atoms with van der Waals surface area (Å²) in [6, 6.07) is 25.4. The predicted octanol–water partition coefficient (Wildman–Crippen LogP) is 9.07. The third-order valence-corrected chi connectivity index (χ3v) is 13.0. The Hall–Kier alpha value is -4.16. The van der Waals surface area contributed by atoms with Crippen LogP contribution < -0.4 is 18.9 Å². The minimum atomic E-state index is -0.177. The van der Waals surface area contributed by atoms with E-state index in [1.807, 2.05) is 0 Å². The summed E-state index contributed by atoms with van der Waals surface area (Å²) in [6.07, 6.45) is 7.25. The van der Waals surface area contributed by atoms with E-state index in [9.17, 15) is 5.11 Å². The lowest BCUT2D eigenvalue weighted by Gasteiger charge is -2.20. The van der Waals surface area contributed by atoms with Gasteiger partial charge in [-0.2, -0.15) is 0 Å². The lowest BCUT2D eigenvalue weighted by molar-refractivity contribution is 0.0917. The number of β-amino-alcohol motifs (C(OH)–C–C–N with tert-alkyl or cyclic N) is 1. The van der Waals surface area contributed by atoms with Crippen LogP contribution in [0.3, 0.4) is 0 Å². The molecule has 0 bridgehead atoms. The molecule has 64 heavy (non-hydrogen) atoms. The van der Waals surface area contributed by atoms with Gasteiger partial charge in [0.05, 0.1) is 45.7 Å². The normalized spacial score (nSPS) is 15.7. The summed E-state index contributed by atoms with van der Waals surface area (Å²) >= 11 is 0. The fourth-order valence-corrected chi connectivity index (χ4v) is 9.01. The molecule has 0 saturated carbocycles. The zero-order chi connectivity index (χ0) is 45.1. The highest BCUT2D eigenvalue weighted by molar-refractivity contribution is 5.75. The van der Waals surface area contributed by atoms with Crippen molar-refractivity contribution in [1.82, 2.24) is 19.6 Å². The van der Waals surface area contributed by atoms with E-state index in [-0.39, 0.29) is 6.10 Å². The molecule has 4 aromatic carbocycles. The van der Waals surface area contributed by atoms with Gasteiger partial charge in [-0.05, 0) is 169 Å². The van der Waals surface area contributed by atoms with E-state index in [2.05, 4.69) is 134 Å². The number of rotatable bonds is 28. The van der Waals surface area contributed by atoms with Gasteiger partial charge in [-0.15, -0.1) is 0 Å². The minimum absolute atomic E-state index is 0.177. The number of ether oxygens (including phenoxy) is 5. The molecule has 1 unspecified atom stereocenters. The first-order valence-corrected chi connectivity index (χ1v) is 24.2. The zero-order valence-corrected chi connectivity index (χ0v) is 40.0. The monoisotopic (exact) mass is 879 g/mol. The number of hydrogen-bond donors (Lipinski definition) is 1. The van der Waals surface area contributed by atoms with Crippen molar-refractivity contribution in [2.75, 3.05) is 119 Å². The van der Waals surface area contributed by atoms with Gasteiger partial charge in [0.2, 0.25) is 0 Å². The maximum Gasteiger partial charge on any atom is 0.122 e. The summed E-state index contributed by atoms with van der Waals surface area (Å²) in [7, 11) is 4.31. The summed E-state index contributed by atoms with van der Waals surface area (Å²) in [5, 5.41) is 9.79. The summed E-state index contributed by atoms with van der Waals surface area (Å²) in [5.74, 6) is 3.77. The van der Waals surface area contributed by atoms with Crippen LogP contribution in [0.25, 0.3) is 22.3 Å². The smallest absolute Gasteiger partial charge is 0.122 e. The summed E-state index contributed by atoms with van der Waals surface area (Å²) in [4.78, 5) is 9.50. The molecule has 2 aliphatic rings. The van der Waals surface area contributed by atoms with Gasteiger partial charge in [-0.1, -0.05) is 48.5 Å². The van der Waals surface area contributed by atoms with Gasteiger partial charge in [0.1, 0.15) is 23.0 Å². The number of likely N-dealkylation sites (N-methyl/N-ethyl adjacent to an activating group) is 2. The van der Waals surface area contributed by atoms with Gasteiger partial charge < -0.3 is 48.4 Å². The molecule has 0 aromatic heterocycles. The standard InChI is InChI=1S/C54H78N4O6/c1-42-47(49-19-11-23-53(44(49)3)63-37-15-30-57-28-7-8-29-57)17-9-21-51(42)61-35-13-26-55(5)33-39-60-40-34-56(6)27-14-36-62-52-22-10-18-48(43(52)2)50-20-12-24-54(45(50)4)64-38-16-31-58-32-25-46(59)41-58/h9-12,17-24,46,59H,7-8,13-16,25-41H2,1-6H3. The summed E-state index contributed by atoms with van der Waals surface area (Å²) < 4.78 is 31.2. The predicted molar refractivity (Wildman–Crippen MR) is 262 cm³/mol. The Morgan fingerprint density at radius 1 is 0.484 bits per heavy atom. The van der Waals surface area contributed by atoms with E-state index in [1.165, 1.54) is 59.3 Å². The van der Waals surface area contributed by atoms with E-state index in [1.54, 1.807) is 0 Å². The number of aliphatic hydroxyl groups is 1. The van der Waals surface area contributed by atoms with Crippen LogP contribution in [0.2, 0.25) is 0 Å². The second-order valence-corrected chi connectivity index (χ2v) is 18.0. The molecule has 350 valence electrons. The molecule has 6 rings (SSSR count). The lowest BCUT2D eigenvalue weighted by Crippen LogP contribution is -2.28. The molecule has 0 aliphatic carbocycles. The van der Waals surface area contributed by atoms with Gasteiger partial charge in [0.15, 0.2) is 0 Å². The maximum absolute atomic E-state index is 9.79. The van der Waals surface area contributed by atoms with E-state index in [4.69, 9.17) is 23.7 Å². The average molecular weight is 879 g/mol. The molecule has 1 N–H and O–H groups in total. The van der Waals surface area contributed by atoms with Gasteiger partial charge in [-0.25, -0.2) is 0 Å². The minimum Gasteiger partial charge on any atom is -0.493 e. The number of likely N-dealkylation sites (tertiary alicyclic amines) is 2. The van der Waals surface area contributed by atoms with E-state index in [0.717, 1.165) is 125 Å². The molecule has 2 heterocycles. The fraction of sp³-hybridized carbons (Fsp3) is 0.556. The van der Waals surface area contributed by atoms with Crippen LogP contribution in [-0.4, -0.2) is 150 Å². The largest absolute Gasteiger partial charge is 0.493 e. The molecule has 10 heteroatoms. The Morgan fingerprint density at radius 2 is 0.859 bits per heavy atom. The second-order valence-electron chi connectivity index (χ2n) is 18.0. The van der Waals surface area contributed by atoms with Crippen molar-refractivity contribution in [1.29, 1.82) is 0 Å². The molecule has 2 fully saturated rings. The van der Waals surface area contributed by atoms with Gasteiger partial charge in [0.25, 0.3) is 0 Å².